The third-order valence-electron chi connectivity index (χ3n) is 12.6. The Morgan fingerprint density at radius 3 is 1.48 bits per heavy atom. The number of carbonyl (C=O) groups is 10. The van der Waals surface area contributed by atoms with Gasteiger partial charge in [0.25, 0.3) is 0 Å². The van der Waals surface area contributed by atoms with Gasteiger partial charge in [-0.1, -0.05) is 78.3 Å². The number of nitrogens with one attached hydrogen (secondary N) is 9. The van der Waals surface area contributed by atoms with Gasteiger partial charge in [-0.15, -0.1) is 0 Å². The first-order chi connectivity index (χ1) is 37.2. The molecule has 0 saturated carbocycles. The van der Waals surface area contributed by atoms with Crippen molar-refractivity contribution >= 4 is 83.5 Å². The highest BCUT2D eigenvalue weighted by molar-refractivity contribution is 7.98. The van der Waals surface area contributed by atoms with Crippen molar-refractivity contribution in [2.24, 2.45) is 35.0 Å². The lowest BCUT2D eigenvalue weighted by Gasteiger charge is -2.28. The molecule has 17 N–H and O–H groups in total. The first-order valence-corrected chi connectivity index (χ1v) is 29.2. The van der Waals surface area contributed by atoms with Crippen LogP contribution in [-0.2, 0) is 54.4 Å². The van der Waals surface area contributed by atoms with Crippen LogP contribution in [-0.4, -0.2) is 167 Å². The predicted molar refractivity (Wildman–Crippen MR) is 307 cm³/mol. The number of unbranched alkanes of at least 4 members (excludes halogenated alkanes) is 2. The van der Waals surface area contributed by atoms with Gasteiger partial charge in [-0.05, 0) is 114 Å². The van der Waals surface area contributed by atoms with Gasteiger partial charge in [-0.2, -0.15) is 24.4 Å². The van der Waals surface area contributed by atoms with Crippen LogP contribution in [0.5, 0.6) is 0 Å². The van der Waals surface area contributed by atoms with Gasteiger partial charge in [0.05, 0.1) is 12.1 Å². The summed E-state index contributed by atoms with van der Waals surface area (Å²) in [6, 6.07) is -3.79. The first-order valence-electron chi connectivity index (χ1n) is 27.1. The molecule has 11 atom stereocenters. The number of benzene rings is 1. The monoisotopic (exact) mass is 1150 g/mol. The van der Waals surface area contributed by atoms with Crippen LogP contribution in [0.3, 0.4) is 0 Å². The zero-order valence-electron chi connectivity index (χ0n) is 47.4. The third kappa shape index (κ3) is 27.5. The van der Waals surface area contributed by atoms with E-state index in [0.717, 1.165) is 0 Å². The molecule has 0 radical (unpaired) electrons. The molecule has 0 saturated heterocycles. The molecule has 0 aliphatic carbocycles. The number of thioether (sulfide) groups is 1. The van der Waals surface area contributed by atoms with Gasteiger partial charge in [0.1, 0.15) is 54.4 Å². The Labute approximate surface area is 475 Å². The molecule has 1 aromatic rings. The quantitative estimate of drug-likeness (QED) is 0.0280. The number of hydrogen-bond acceptors (Lipinski definition) is 16. The number of carboxylic acid groups (broad SMARTS) is 1. The fourth-order valence-corrected chi connectivity index (χ4v) is 8.75. The lowest BCUT2D eigenvalue weighted by molar-refractivity contribution is -0.143. The molecule has 0 heterocycles. The molecule has 0 aliphatic rings. The number of amides is 9. The molecule has 79 heavy (non-hydrogen) atoms. The van der Waals surface area contributed by atoms with Gasteiger partial charge >= 0.3 is 5.97 Å². The summed E-state index contributed by atoms with van der Waals surface area (Å²) < 4.78 is 0. The van der Waals surface area contributed by atoms with E-state index in [-0.39, 0.29) is 56.2 Å². The van der Waals surface area contributed by atoms with Gasteiger partial charge in [-0.3, -0.25) is 43.2 Å². The minimum atomic E-state index is -1.58. The van der Waals surface area contributed by atoms with Crippen LogP contribution in [0.1, 0.15) is 119 Å². The van der Waals surface area contributed by atoms with Crippen molar-refractivity contribution in [3.05, 3.63) is 35.9 Å². The van der Waals surface area contributed by atoms with Crippen molar-refractivity contribution in [2.75, 3.05) is 30.9 Å². The highest BCUT2D eigenvalue weighted by Gasteiger charge is 2.36. The van der Waals surface area contributed by atoms with Crippen LogP contribution in [0, 0.1) is 17.8 Å². The van der Waals surface area contributed by atoms with Crippen molar-refractivity contribution in [1.82, 2.24) is 47.9 Å². The molecule has 0 spiro atoms. The number of aliphatic hydroxyl groups is 1. The molecular formula is C53H92N12O12S2. The second-order valence-electron chi connectivity index (χ2n) is 21.0. The smallest absolute Gasteiger partial charge is 0.326 e. The van der Waals surface area contributed by atoms with E-state index in [2.05, 4.69) is 60.5 Å². The van der Waals surface area contributed by atoms with Crippen molar-refractivity contribution in [2.45, 2.75) is 186 Å². The Bertz CT molecular complexity index is 2110. The summed E-state index contributed by atoms with van der Waals surface area (Å²) >= 11 is 5.71. The Kier molecular flexibility index (Phi) is 34.5. The Hall–Kier alpha value is -5.54. The van der Waals surface area contributed by atoms with Crippen molar-refractivity contribution in [1.29, 1.82) is 0 Å². The first kappa shape index (κ1) is 71.5. The highest BCUT2D eigenvalue weighted by Crippen LogP contribution is 2.13. The second kappa shape index (κ2) is 38.2. The number of nitrogens with two attached hydrogens (primary N) is 3. The maximum Gasteiger partial charge on any atom is 0.326 e. The average Bonchev–Trinajstić information content (AvgIpc) is 3.38. The predicted octanol–water partition coefficient (Wildman–Crippen LogP) is -0.906. The summed E-state index contributed by atoms with van der Waals surface area (Å²) in [6.45, 7) is 13.9. The maximum absolute atomic E-state index is 14.1. The van der Waals surface area contributed by atoms with Gasteiger partial charge < -0.3 is 75.3 Å². The van der Waals surface area contributed by atoms with Gasteiger partial charge in [-0.25, -0.2) is 4.79 Å². The van der Waals surface area contributed by atoms with E-state index >= 15 is 0 Å². The number of carboxylic acids is 1. The van der Waals surface area contributed by atoms with Crippen LogP contribution in [0.4, 0.5) is 0 Å². The number of hydrogen-bond donors (Lipinski definition) is 15. The summed E-state index contributed by atoms with van der Waals surface area (Å²) in [5, 5.41) is 43.8. The zero-order valence-corrected chi connectivity index (χ0v) is 49.1. The topological polar surface area (TPSA) is 397 Å². The lowest BCUT2D eigenvalue weighted by Crippen LogP contribution is -2.62. The van der Waals surface area contributed by atoms with Crippen molar-refractivity contribution in [3.63, 3.8) is 0 Å². The van der Waals surface area contributed by atoms with E-state index < -0.39 is 132 Å². The molecule has 448 valence electrons. The molecule has 0 aliphatic heterocycles. The normalized spacial score (nSPS) is 15.6. The van der Waals surface area contributed by atoms with Crippen molar-refractivity contribution in [3.8, 4) is 0 Å². The minimum absolute atomic E-state index is 0.0416. The number of thiol groups is 1. The van der Waals surface area contributed by atoms with E-state index in [1.807, 2.05) is 27.7 Å². The number of aliphatic carboxylic acids is 1. The maximum atomic E-state index is 14.1. The number of aliphatic hydroxyl groups excluding tert-OH is 1. The second-order valence-corrected chi connectivity index (χ2v) is 22.3. The lowest BCUT2D eigenvalue weighted by atomic mass is 9.99. The molecule has 0 fully saturated rings. The van der Waals surface area contributed by atoms with Crippen LogP contribution >= 0.6 is 24.4 Å². The summed E-state index contributed by atoms with van der Waals surface area (Å²) in [7, 11) is 0. The fraction of sp³-hybridized carbons (Fsp3) is 0.698. The Morgan fingerprint density at radius 1 is 0.519 bits per heavy atom. The molecule has 0 aromatic heterocycles. The zero-order chi connectivity index (χ0) is 59.9. The molecule has 0 bridgehead atoms. The molecule has 1 rings (SSSR count). The molecule has 1 aromatic carbocycles. The van der Waals surface area contributed by atoms with Gasteiger partial charge in [0.15, 0.2) is 0 Å². The van der Waals surface area contributed by atoms with E-state index in [0.29, 0.717) is 50.0 Å². The van der Waals surface area contributed by atoms with Crippen LogP contribution in [0.25, 0.3) is 0 Å². The molecule has 26 heteroatoms. The summed E-state index contributed by atoms with van der Waals surface area (Å²) in [4.78, 5) is 136. The highest BCUT2D eigenvalue weighted by atomic mass is 32.2. The SMILES string of the molecule is CSCC[C@H](NC(=O)[C@H](C)NC(=O)[C@@H](NC(=O)[C@@H](NC(=O)[C@@H](N)CCCCN)C(C)C)[C@@H](C)O)C(=O)N[C@@H](CCCCN)C(=O)N[C@@H](CS)C(=O)N[C@H](Cc1ccccc1)C(=O)N[C@@H](CC(C)C)C(=O)N[C@@H](CC(C)C)C(=O)O. The molecule has 24 nitrogen and oxygen atoms in total. The van der Waals surface area contributed by atoms with Crippen LogP contribution in [0.15, 0.2) is 30.3 Å². The summed E-state index contributed by atoms with van der Waals surface area (Å²) in [5.41, 5.74) is 18.0. The Balaban J connectivity index is 3.35. The standard InChI is InChI=1S/C53H92N12O12S2/c1-29(2)25-38(48(71)62-40(53(76)77)26-30(3)4)60-49(72)39(27-34-17-11-10-12-18-34)61-50(73)41(28-78)63-46(69)36(20-14-16-23-55)59-47(70)37(21-24-79-9)58-44(67)32(7)57-52(75)43(33(8)66)65-51(74)42(31(5)6)64-45(68)35(56)19-13-15-22-54/h10-12,17-18,29-33,35-43,66,78H,13-16,19-28,54-56H2,1-9H3,(H,57,75)(H,58,67)(H,59,70)(H,60,72)(H,61,73)(H,62,71)(H,63,69)(H,64,68)(H,65,74)(H,76,77)/t32-,33+,35-,36-,37-,38-,39+,40-,41-,42-,43-/m0/s1. The summed E-state index contributed by atoms with van der Waals surface area (Å²) in [6.07, 6.45) is 3.12. The van der Waals surface area contributed by atoms with E-state index in [1.54, 1.807) is 50.4 Å². The average molecular weight is 1150 g/mol. The molecule has 9 amide bonds. The van der Waals surface area contributed by atoms with E-state index in [1.165, 1.54) is 25.6 Å². The number of rotatable bonds is 39. The summed E-state index contributed by atoms with van der Waals surface area (Å²) in [5.74, 6) is -8.73. The third-order valence-corrected chi connectivity index (χ3v) is 13.6. The van der Waals surface area contributed by atoms with Gasteiger partial charge in [0.2, 0.25) is 53.2 Å². The minimum Gasteiger partial charge on any atom is -0.480 e. The molecular weight excluding hydrogens is 1060 g/mol. The van der Waals surface area contributed by atoms with Crippen LogP contribution in [0.2, 0.25) is 0 Å². The number of carbonyl (C=O) groups excluding carboxylic acids is 9. The Morgan fingerprint density at radius 2 is 0.962 bits per heavy atom. The fourth-order valence-electron chi connectivity index (χ4n) is 8.03. The molecule has 0 unspecified atom stereocenters. The van der Waals surface area contributed by atoms with Crippen molar-refractivity contribution < 1.29 is 58.2 Å². The largest absolute Gasteiger partial charge is 0.480 e. The van der Waals surface area contributed by atoms with Crippen LogP contribution < -0.4 is 65.1 Å². The van der Waals surface area contributed by atoms with E-state index in [4.69, 9.17) is 17.2 Å². The van der Waals surface area contributed by atoms with Gasteiger partial charge in [0, 0.05) is 12.2 Å². The van der Waals surface area contributed by atoms with E-state index in [9.17, 15) is 58.2 Å².